The summed E-state index contributed by atoms with van der Waals surface area (Å²) < 4.78 is 7.91. The van der Waals surface area contributed by atoms with E-state index in [1.165, 1.54) is 35.1 Å². The summed E-state index contributed by atoms with van der Waals surface area (Å²) in [5, 5.41) is 24.7. The molecule has 0 aromatic carbocycles. The Hall–Kier alpha value is -4.68. The number of aromatic nitrogens is 5. The van der Waals surface area contributed by atoms with Gasteiger partial charge in [-0.1, -0.05) is 5.16 Å². The zero-order valence-electron chi connectivity index (χ0n) is 23.0. The molecule has 0 unspecified atom stereocenters. The zero-order valence-corrected chi connectivity index (χ0v) is 25.5. The molecule has 0 bridgehead atoms. The zero-order chi connectivity index (χ0) is 31.1. The Morgan fingerprint density at radius 1 is 1.32 bits per heavy atom. The topological polar surface area (TPSA) is 220 Å². The highest BCUT2D eigenvalue weighted by Gasteiger charge is 2.54. The number of thiazole rings is 1. The van der Waals surface area contributed by atoms with Gasteiger partial charge in [0.15, 0.2) is 35.6 Å². The molecule has 1 saturated heterocycles. The number of carbonyl (C=O) groups is 3. The van der Waals surface area contributed by atoms with Crippen LogP contribution in [0.15, 0.2) is 52.5 Å². The van der Waals surface area contributed by atoms with E-state index >= 15 is 0 Å². The number of carboxylic acids is 1. The van der Waals surface area contributed by atoms with Crippen LogP contribution >= 0.6 is 34.6 Å². The molecule has 15 nitrogen and oxygen atoms in total. The molecule has 2 aliphatic rings. The van der Waals surface area contributed by atoms with E-state index in [1.807, 2.05) is 39.9 Å². The van der Waals surface area contributed by atoms with Crippen molar-refractivity contribution in [1.82, 2.24) is 23.8 Å². The largest absolute Gasteiger partial charge is 0.477 e. The summed E-state index contributed by atoms with van der Waals surface area (Å²) in [6, 6.07) is 3.92. The van der Waals surface area contributed by atoms with E-state index in [-0.39, 0.29) is 41.2 Å². The third kappa shape index (κ3) is 5.42. The number of anilines is 1. The number of ketones is 1. The quantitative estimate of drug-likeness (QED) is 0.0589. The first-order valence-corrected chi connectivity index (χ1v) is 15.8. The van der Waals surface area contributed by atoms with Crippen LogP contribution in [0.3, 0.4) is 0 Å². The third-order valence-electron chi connectivity index (χ3n) is 7.15. The first-order chi connectivity index (χ1) is 21.1. The van der Waals surface area contributed by atoms with Gasteiger partial charge in [-0.05, 0) is 6.07 Å². The molecule has 0 saturated carbocycles. The maximum absolute atomic E-state index is 13.3. The Balaban J connectivity index is 1.21. The number of Topliss-reactive ketones (excluding diaryl/α,β-unsaturated/α-hetero) is 1. The Labute approximate surface area is 261 Å². The molecule has 4 aromatic rings. The lowest BCUT2D eigenvalue weighted by molar-refractivity contribution is -0.687. The van der Waals surface area contributed by atoms with Crippen LogP contribution < -0.4 is 16.0 Å². The number of pyridine rings is 1. The van der Waals surface area contributed by atoms with E-state index < -0.39 is 29.0 Å². The summed E-state index contributed by atoms with van der Waals surface area (Å²) in [6.45, 7) is 0.736. The van der Waals surface area contributed by atoms with Crippen LogP contribution in [0.4, 0.5) is 5.13 Å². The Morgan fingerprint density at radius 3 is 2.82 bits per heavy atom. The third-order valence-corrected chi connectivity index (χ3v) is 9.92. The summed E-state index contributed by atoms with van der Waals surface area (Å²) in [4.78, 5) is 53.3. The number of thioether (sulfide) groups is 1. The van der Waals surface area contributed by atoms with Crippen molar-refractivity contribution in [2.75, 3.05) is 18.6 Å². The second kappa shape index (κ2) is 11.8. The van der Waals surface area contributed by atoms with E-state index in [1.54, 1.807) is 5.38 Å². The number of rotatable bonds is 11. The van der Waals surface area contributed by atoms with Crippen LogP contribution in [0, 0.1) is 11.3 Å². The molecule has 6 rings (SSSR count). The standard InChI is InChI=1S/C26H24N10O5S3/c1-41-32-19(22-31-26(29)44-33-22)17(37)6-14-23(38)36-20(25(39)40)13(10-43-24(14)36)7-34-4-2-12-3-5-35(16(12)8-34)9-18-30-15(11-42-18)21(27)28/h2-5,8,11,14,24H,6-7,9-10H2,1H3,(H5-,27,28,29,31,33,39,40)/p+1/b32-19+/t14-,24-/m1/s1. The predicted octanol–water partition coefficient (Wildman–Crippen LogP) is 1.03. The van der Waals surface area contributed by atoms with Crippen molar-refractivity contribution in [2.45, 2.75) is 24.9 Å². The monoisotopic (exact) mass is 653 g/mol. The second-order valence-electron chi connectivity index (χ2n) is 9.92. The SMILES string of the molecule is CO/N=C(\C(=O)C[C@@H]1C(=O)N2C(C(=O)O)=C(C[n+]3ccc4ccn(Cc5nc(C(=N)N)cs5)c4c3)CS[C@H]12)c1nsc(N)n1. The summed E-state index contributed by atoms with van der Waals surface area (Å²) >= 11 is 3.73. The Morgan fingerprint density at radius 2 is 2.14 bits per heavy atom. The molecular formula is C26H25N10O5S3+. The van der Waals surface area contributed by atoms with Crippen molar-refractivity contribution in [3.63, 3.8) is 0 Å². The first kappa shape index (κ1) is 29.4. The number of nitrogens with zero attached hydrogens (tertiary/aromatic N) is 7. The number of carboxylic acid groups (broad SMARTS) is 1. The minimum absolute atomic E-state index is 0.0142. The number of hydrogen-bond acceptors (Lipinski definition) is 13. The number of oxime groups is 1. The van der Waals surface area contributed by atoms with Gasteiger partial charge >= 0.3 is 5.97 Å². The molecule has 0 spiro atoms. The Bertz CT molecular complexity index is 1890. The van der Waals surface area contributed by atoms with E-state index in [2.05, 4.69) is 19.5 Å². The molecule has 1 amide bonds. The molecule has 2 aliphatic heterocycles. The minimum Gasteiger partial charge on any atom is -0.477 e. The van der Waals surface area contributed by atoms with E-state index in [9.17, 15) is 19.5 Å². The fourth-order valence-corrected chi connectivity index (χ4v) is 7.78. The van der Waals surface area contributed by atoms with Crippen molar-refractivity contribution < 1.29 is 28.9 Å². The maximum atomic E-state index is 13.3. The fourth-order valence-electron chi connectivity index (χ4n) is 5.15. The highest BCUT2D eigenvalue weighted by Crippen LogP contribution is 2.45. The van der Waals surface area contributed by atoms with Crippen molar-refractivity contribution in [2.24, 2.45) is 16.8 Å². The van der Waals surface area contributed by atoms with Gasteiger partial charge in [-0.2, -0.15) is 13.9 Å². The highest BCUT2D eigenvalue weighted by molar-refractivity contribution is 8.00. The van der Waals surface area contributed by atoms with Crippen LogP contribution in [0.2, 0.25) is 0 Å². The number of nitrogens with one attached hydrogen (secondary N) is 1. The van der Waals surface area contributed by atoms with Crippen LogP contribution in [-0.2, 0) is 32.3 Å². The molecule has 18 heteroatoms. The van der Waals surface area contributed by atoms with E-state index in [0.29, 0.717) is 23.6 Å². The van der Waals surface area contributed by atoms with Crippen LogP contribution in [0.25, 0.3) is 10.9 Å². The lowest BCUT2D eigenvalue weighted by Gasteiger charge is -2.49. The average Bonchev–Trinajstić information content (AvgIpc) is 3.75. The minimum atomic E-state index is -1.21. The van der Waals surface area contributed by atoms with Gasteiger partial charge in [0.2, 0.25) is 11.7 Å². The number of nitrogens with two attached hydrogens (primary N) is 2. The van der Waals surface area contributed by atoms with Crippen LogP contribution in [0.5, 0.6) is 0 Å². The summed E-state index contributed by atoms with van der Waals surface area (Å²) in [6.07, 6.45) is 5.52. The number of hydrogen-bond donors (Lipinski definition) is 4. The van der Waals surface area contributed by atoms with E-state index in [4.69, 9.17) is 21.7 Å². The molecular weight excluding hydrogens is 629 g/mol. The number of aliphatic carboxylic acids is 1. The van der Waals surface area contributed by atoms with Gasteiger partial charge in [0.05, 0.1) is 17.8 Å². The molecule has 0 aliphatic carbocycles. The number of amidine groups is 1. The predicted molar refractivity (Wildman–Crippen MR) is 163 cm³/mol. The smallest absolute Gasteiger partial charge is 0.352 e. The molecule has 6 heterocycles. The number of fused-ring (bicyclic) bond motifs is 2. The summed E-state index contributed by atoms with van der Waals surface area (Å²) in [7, 11) is 1.28. The van der Waals surface area contributed by atoms with Crippen LogP contribution in [0.1, 0.15) is 22.9 Å². The van der Waals surface area contributed by atoms with Gasteiger partial charge < -0.3 is 26.0 Å². The lowest BCUT2D eigenvalue weighted by Crippen LogP contribution is -2.62. The van der Waals surface area contributed by atoms with Gasteiger partial charge in [0, 0.05) is 52.3 Å². The number of β-lactam (4-membered cyclic amide) rings is 1. The van der Waals surface area contributed by atoms with Gasteiger partial charge in [-0.3, -0.25) is 19.9 Å². The lowest BCUT2D eigenvalue weighted by atomic mass is 9.89. The average molecular weight is 654 g/mol. The van der Waals surface area contributed by atoms with Gasteiger partial charge in [0.25, 0.3) is 0 Å². The molecule has 226 valence electrons. The van der Waals surface area contributed by atoms with Gasteiger partial charge in [-0.15, -0.1) is 23.1 Å². The van der Waals surface area contributed by atoms with E-state index in [0.717, 1.165) is 27.4 Å². The second-order valence-corrected chi connectivity index (χ2v) is 12.8. The van der Waals surface area contributed by atoms with Gasteiger partial charge in [0.1, 0.15) is 34.9 Å². The molecule has 2 atom stereocenters. The molecule has 44 heavy (non-hydrogen) atoms. The number of carbonyl (C=O) groups excluding carboxylic acids is 2. The fraction of sp³-hybridized carbons (Fsp3) is 0.269. The van der Waals surface area contributed by atoms with Gasteiger partial charge in [-0.25, -0.2) is 9.78 Å². The molecule has 1 fully saturated rings. The normalized spacial score (nSPS) is 18.3. The number of amides is 1. The number of nitrogen functional groups attached to an aromatic ring is 2. The highest BCUT2D eigenvalue weighted by atomic mass is 32.2. The van der Waals surface area contributed by atoms with Crippen molar-refractivity contribution in [3.8, 4) is 0 Å². The molecule has 0 radical (unpaired) electrons. The molecule has 4 aromatic heterocycles. The summed E-state index contributed by atoms with van der Waals surface area (Å²) in [5.41, 5.74) is 12.9. The van der Waals surface area contributed by atoms with Crippen molar-refractivity contribution in [1.29, 1.82) is 5.41 Å². The summed E-state index contributed by atoms with van der Waals surface area (Å²) in [5.74, 6) is -2.60. The van der Waals surface area contributed by atoms with Crippen LogP contribution in [-0.4, -0.2) is 76.4 Å². The molecule has 6 N–H and O–H groups in total. The van der Waals surface area contributed by atoms with Crippen molar-refractivity contribution in [3.05, 3.63) is 63.9 Å². The Kier molecular flexibility index (Phi) is 7.87. The van der Waals surface area contributed by atoms with Crippen molar-refractivity contribution >= 4 is 79.9 Å². The maximum Gasteiger partial charge on any atom is 0.352 e. The first-order valence-electron chi connectivity index (χ1n) is 13.0.